The number of sulfonamides is 2. The van der Waals surface area contributed by atoms with Crippen LogP contribution in [0.4, 0.5) is 17.6 Å². The Hall–Kier alpha value is -2.53. The Balaban J connectivity index is 1.47. The van der Waals surface area contributed by atoms with Crippen molar-refractivity contribution in [2.75, 3.05) is 13.1 Å². The zero-order valence-electron chi connectivity index (χ0n) is 19.4. The molecule has 1 N–H and O–H groups in total. The van der Waals surface area contributed by atoms with Crippen molar-refractivity contribution in [1.29, 1.82) is 0 Å². The van der Waals surface area contributed by atoms with Crippen LogP contribution in [0, 0.1) is 11.2 Å². The molecule has 2 aromatic carbocycles. The van der Waals surface area contributed by atoms with Gasteiger partial charge in [-0.3, -0.25) is 0 Å². The molecule has 1 spiro atoms. The quantitative estimate of drug-likeness (QED) is 0.438. The van der Waals surface area contributed by atoms with Gasteiger partial charge in [0.2, 0.25) is 0 Å². The summed E-state index contributed by atoms with van der Waals surface area (Å²) in [6.07, 6.45) is 0.229. The number of hydrogen-bond donors (Lipinski definition) is 1. The van der Waals surface area contributed by atoms with E-state index in [1.807, 2.05) is 0 Å². The van der Waals surface area contributed by atoms with Crippen LogP contribution in [0.1, 0.15) is 19.3 Å². The fourth-order valence-corrected chi connectivity index (χ4v) is 9.62. The first-order chi connectivity index (χ1) is 17.6. The lowest BCUT2D eigenvalue weighted by Gasteiger charge is -2.45. The Morgan fingerprint density at radius 1 is 0.895 bits per heavy atom. The first-order valence-corrected chi connectivity index (χ1v) is 15.6. The predicted octanol–water partition coefficient (Wildman–Crippen LogP) is 3.00. The maximum Gasteiger partial charge on any atom is 0.511 e. The van der Waals surface area contributed by atoms with Gasteiger partial charge in [-0.1, -0.05) is 30.3 Å². The zero-order chi connectivity index (χ0) is 27.7. The first-order valence-electron chi connectivity index (χ1n) is 11.3. The Morgan fingerprint density at radius 3 is 2.18 bits per heavy atom. The molecule has 0 amide bonds. The van der Waals surface area contributed by atoms with E-state index in [1.165, 1.54) is 36.4 Å². The van der Waals surface area contributed by atoms with Crippen LogP contribution in [-0.2, 0) is 30.1 Å². The highest BCUT2D eigenvalue weighted by atomic mass is 32.2. The maximum atomic E-state index is 14.5. The van der Waals surface area contributed by atoms with Gasteiger partial charge in [0.25, 0.3) is 20.0 Å². The molecule has 1 saturated heterocycles. The van der Waals surface area contributed by atoms with Gasteiger partial charge in [-0.25, -0.2) is 38.3 Å². The average molecular weight is 596 g/mol. The van der Waals surface area contributed by atoms with Gasteiger partial charge in [-0.2, -0.15) is 17.5 Å². The van der Waals surface area contributed by atoms with E-state index in [4.69, 9.17) is 0 Å². The van der Waals surface area contributed by atoms with Crippen LogP contribution in [-0.4, -0.2) is 58.2 Å². The molecular formula is C22H21F4N3O6S3. The monoisotopic (exact) mass is 595 g/mol. The van der Waals surface area contributed by atoms with Crippen molar-refractivity contribution in [2.24, 2.45) is 5.41 Å². The van der Waals surface area contributed by atoms with Crippen LogP contribution in [0.25, 0.3) is 10.9 Å². The molecule has 206 valence electrons. The molecular weight excluding hydrogens is 574 g/mol. The van der Waals surface area contributed by atoms with E-state index in [2.05, 4.69) is 0 Å². The molecule has 9 nitrogen and oxygen atoms in total. The van der Waals surface area contributed by atoms with Gasteiger partial charge in [0.1, 0.15) is 10.7 Å². The molecule has 5 rings (SSSR count). The van der Waals surface area contributed by atoms with Gasteiger partial charge < -0.3 is 0 Å². The standard InChI is InChI=1S/C22H21F4N3O6S3/c23-17-6-2-4-8-19(17)36(30,31)29-18-7-3-1-5-15(18)11-20(29)37(32,33)28-10-9-21(14-28)12-16(13-21)27-38(34,35)22(24,25)26/h1-8,11,16,27H,9-10,12-14H2. The molecule has 3 aromatic rings. The molecule has 1 saturated carbocycles. The normalized spacial score (nSPS) is 23.2. The average Bonchev–Trinajstić information content (AvgIpc) is 3.42. The van der Waals surface area contributed by atoms with Crippen molar-refractivity contribution in [1.82, 2.24) is 13.0 Å². The van der Waals surface area contributed by atoms with E-state index in [1.54, 1.807) is 10.8 Å². The number of alkyl halides is 3. The third-order valence-electron chi connectivity index (χ3n) is 6.98. The minimum atomic E-state index is -5.54. The summed E-state index contributed by atoms with van der Waals surface area (Å²) >= 11 is 0. The minimum Gasteiger partial charge on any atom is -0.221 e. The number of rotatable bonds is 6. The van der Waals surface area contributed by atoms with Gasteiger partial charge >= 0.3 is 15.5 Å². The minimum absolute atomic E-state index is 0.00908. The highest BCUT2D eigenvalue weighted by Crippen LogP contribution is 2.50. The topological polar surface area (TPSA) is 123 Å². The van der Waals surface area contributed by atoms with Gasteiger partial charge in [0, 0.05) is 24.5 Å². The number of hydrogen-bond acceptors (Lipinski definition) is 6. The number of para-hydroxylation sites is 1. The lowest BCUT2D eigenvalue weighted by Crippen LogP contribution is -2.54. The van der Waals surface area contributed by atoms with Crippen molar-refractivity contribution < 1.29 is 42.8 Å². The van der Waals surface area contributed by atoms with Crippen LogP contribution >= 0.6 is 0 Å². The fraction of sp³-hybridized carbons (Fsp3) is 0.364. The Labute approximate surface area is 216 Å². The number of benzene rings is 2. The van der Waals surface area contributed by atoms with Crippen molar-refractivity contribution in [3.05, 3.63) is 60.4 Å². The first kappa shape index (κ1) is 27.1. The molecule has 0 unspecified atom stereocenters. The molecule has 0 bridgehead atoms. The maximum absolute atomic E-state index is 14.5. The van der Waals surface area contributed by atoms with Gasteiger partial charge in [-0.05, 0) is 48.9 Å². The SMILES string of the molecule is O=S(=O)(c1cc2ccccc2n1S(=O)(=O)c1ccccc1F)N1CCC2(CC(NS(=O)(=O)C(F)(F)F)C2)C1. The van der Waals surface area contributed by atoms with E-state index in [-0.39, 0.29) is 43.3 Å². The molecule has 38 heavy (non-hydrogen) atoms. The smallest absolute Gasteiger partial charge is 0.221 e. The molecule has 16 heteroatoms. The predicted molar refractivity (Wildman–Crippen MR) is 128 cm³/mol. The van der Waals surface area contributed by atoms with Crippen LogP contribution < -0.4 is 4.72 Å². The van der Waals surface area contributed by atoms with Crippen molar-refractivity contribution in [3.8, 4) is 0 Å². The van der Waals surface area contributed by atoms with E-state index in [9.17, 15) is 42.8 Å². The second-order valence-corrected chi connectivity index (χ2v) is 14.8. The molecule has 2 aliphatic rings. The van der Waals surface area contributed by atoms with Crippen molar-refractivity contribution >= 4 is 41.0 Å². The molecule has 1 aliphatic heterocycles. The van der Waals surface area contributed by atoms with E-state index < -0.39 is 62.8 Å². The van der Waals surface area contributed by atoms with Crippen LogP contribution in [0.3, 0.4) is 0 Å². The van der Waals surface area contributed by atoms with E-state index in [0.717, 1.165) is 16.4 Å². The number of aromatic nitrogens is 1. The Morgan fingerprint density at radius 2 is 1.53 bits per heavy atom. The second kappa shape index (κ2) is 8.74. The van der Waals surface area contributed by atoms with Crippen LogP contribution in [0.2, 0.25) is 0 Å². The number of halogens is 4. The number of nitrogens with one attached hydrogen (secondary N) is 1. The van der Waals surface area contributed by atoms with Crippen molar-refractivity contribution in [2.45, 2.75) is 40.7 Å². The summed E-state index contributed by atoms with van der Waals surface area (Å²) in [5.74, 6) is -1.06. The number of nitrogens with zero attached hydrogens (tertiary/aromatic N) is 2. The summed E-state index contributed by atoms with van der Waals surface area (Å²) in [7, 11) is -14.7. The summed E-state index contributed by atoms with van der Waals surface area (Å²) in [6, 6.07) is 10.7. The Bertz CT molecular complexity index is 1750. The summed E-state index contributed by atoms with van der Waals surface area (Å²) in [5, 5.41) is -0.321. The summed E-state index contributed by atoms with van der Waals surface area (Å²) in [5.41, 5.74) is -6.20. The third-order valence-corrected chi connectivity index (χ3v) is 11.9. The number of fused-ring (bicyclic) bond motifs is 1. The zero-order valence-corrected chi connectivity index (χ0v) is 21.8. The lowest BCUT2D eigenvalue weighted by molar-refractivity contribution is -0.0461. The highest BCUT2D eigenvalue weighted by Gasteiger charge is 2.55. The summed E-state index contributed by atoms with van der Waals surface area (Å²) in [4.78, 5) is -0.713. The van der Waals surface area contributed by atoms with E-state index >= 15 is 0 Å². The molecule has 2 fully saturated rings. The van der Waals surface area contributed by atoms with Crippen LogP contribution in [0.15, 0.2) is 64.5 Å². The van der Waals surface area contributed by atoms with Crippen LogP contribution in [0.5, 0.6) is 0 Å². The van der Waals surface area contributed by atoms with E-state index in [0.29, 0.717) is 3.97 Å². The fourth-order valence-electron chi connectivity index (χ4n) is 5.20. The largest absolute Gasteiger partial charge is 0.511 e. The van der Waals surface area contributed by atoms with Gasteiger partial charge in [0.15, 0.2) is 5.03 Å². The third kappa shape index (κ3) is 4.31. The van der Waals surface area contributed by atoms with Crippen molar-refractivity contribution in [3.63, 3.8) is 0 Å². The Kier molecular flexibility index (Phi) is 6.22. The second-order valence-electron chi connectivity index (χ2n) is 9.50. The molecule has 1 aliphatic carbocycles. The molecule has 1 aromatic heterocycles. The van der Waals surface area contributed by atoms with Gasteiger partial charge in [-0.15, -0.1) is 0 Å². The molecule has 0 atom stereocenters. The highest BCUT2D eigenvalue weighted by molar-refractivity contribution is 7.92. The summed E-state index contributed by atoms with van der Waals surface area (Å²) in [6.45, 7) is -0.191. The molecule has 0 radical (unpaired) electrons. The molecule has 2 heterocycles. The summed E-state index contributed by atoms with van der Waals surface area (Å²) < 4.78 is 133. The van der Waals surface area contributed by atoms with Gasteiger partial charge in [0.05, 0.1) is 5.52 Å². The lowest BCUT2D eigenvalue weighted by atomic mass is 9.65.